The molecule has 1 aromatic carbocycles. The van der Waals surface area contributed by atoms with Crippen LogP contribution in [0.15, 0.2) is 18.2 Å². The smallest absolute Gasteiger partial charge is 0.174 e. The van der Waals surface area contributed by atoms with Crippen LogP contribution in [0.1, 0.15) is 69.9 Å². The molecule has 0 amide bonds. The molecule has 0 radical (unpaired) electrons. The molecule has 0 bridgehead atoms. The highest BCUT2D eigenvalue weighted by atomic mass is 16.5. The largest absolute Gasteiger partial charge is 0.478 e. The molecule has 5 unspecified atom stereocenters. The van der Waals surface area contributed by atoms with Crippen LogP contribution in [0, 0.1) is 17.2 Å². The molecule has 1 aliphatic heterocycles. The SMILES string of the molecule is CCCCCC(C)CCC12NC13Cc1cccc(OCC#N)c1CC3(N)CC2O. The van der Waals surface area contributed by atoms with Crippen LogP contribution < -0.4 is 15.8 Å². The fourth-order valence-corrected chi connectivity index (χ4v) is 6.21. The number of nitrogens with zero attached hydrogens (tertiary/aromatic N) is 1. The summed E-state index contributed by atoms with van der Waals surface area (Å²) in [6.45, 7) is 4.63. The van der Waals surface area contributed by atoms with Gasteiger partial charge in [0.05, 0.1) is 17.2 Å². The van der Waals surface area contributed by atoms with Crippen molar-refractivity contribution in [1.29, 1.82) is 5.26 Å². The normalized spacial score (nSPS) is 35.2. The van der Waals surface area contributed by atoms with E-state index in [9.17, 15) is 5.11 Å². The number of hydrogen-bond acceptors (Lipinski definition) is 5. The number of aliphatic hydroxyl groups excluding tert-OH is 1. The Morgan fingerprint density at radius 2 is 2.17 bits per heavy atom. The van der Waals surface area contributed by atoms with E-state index in [1.165, 1.54) is 31.2 Å². The predicted octanol–water partition coefficient (Wildman–Crippen LogP) is 3.23. The molecule has 4 rings (SSSR count). The van der Waals surface area contributed by atoms with Crippen LogP contribution in [0.3, 0.4) is 0 Å². The van der Waals surface area contributed by atoms with E-state index in [-0.39, 0.29) is 17.7 Å². The summed E-state index contributed by atoms with van der Waals surface area (Å²) in [6.07, 6.45) is 8.96. The van der Waals surface area contributed by atoms with E-state index in [2.05, 4.69) is 25.2 Å². The van der Waals surface area contributed by atoms with Crippen molar-refractivity contribution in [3.05, 3.63) is 29.3 Å². The lowest BCUT2D eigenvalue weighted by Gasteiger charge is -2.40. The monoisotopic (exact) mass is 397 g/mol. The Bertz CT molecular complexity index is 806. The van der Waals surface area contributed by atoms with Gasteiger partial charge in [0, 0.05) is 5.54 Å². The van der Waals surface area contributed by atoms with E-state index in [1.807, 2.05) is 18.2 Å². The van der Waals surface area contributed by atoms with Gasteiger partial charge < -0.3 is 15.6 Å². The van der Waals surface area contributed by atoms with Crippen LogP contribution in [0.2, 0.25) is 0 Å². The Kier molecular flexibility index (Phi) is 5.40. The average Bonchev–Trinajstić information content (AvgIpc) is 3.31. The zero-order valence-corrected chi connectivity index (χ0v) is 17.8. The Morgan fingerprint density at radius 1 is 1.34 bits per heavy atom. The van der Waals surface area contributed by atoms with Crippen LogP contribution in [-0.4, -0.2) is 34.4 Å². The first kappa shape index (κ1) is 20.7. The quantitative estimate of drug-likeness (QED) is 0.439. The van der Waals surface area contributed by atoms with Crippen LogP contribution in [0.5, 0.6) is 5.75 Å². The average molecular weight is 398 g/mol. The number of nitrogens with one attached hydrogen (secondary N) is 1. The molecule has 5 nitrogen and oxygen atoms in total. The van der Waals surface area contributed by atoms with Crippen molar-refractivity contribution < 1.29 is 9.84 Å². The first-order valence-corrected chi connectivity index (χ1v) is 11.3. The maximum atomic E-state index is 11.1. The first-order chi connectivity index (χ1) is 13.9. The highest BCUT2D eigenvalue weighted by Gasteiger charge is 2.82. The first-order valence-electron chi connectivity index (χ1n) is 11.3. The zero-order valence-electron chi connectivity index (χ0n) is 17.8. The maximum absolute atomic E-state index is 11.1. The summed E-state index contributed by atoms with van der Waals surface area (Å²) in [4.78, 5) is 0. The fourth-order valence-electron chi connectivity index (χ4n) is 6.21. The molecule has 2 aliphatic carbocycles. The molecule has 5 atom stereocenters. The van der Waals surface area contributed by atoms with Gasteiger partial charge in [-0.2, -0.15) is 5.26 Å². The van der Waals surface area contributed by atoms with E-state index in [4.69, 9.17) is 15.7 Å². The van der Waals surface area contributed by atoms with Gasteiger partial charge in [0.25, 0.3) is 0 Å². The third-order valence-corrected chi connectivity index (χ3v) is 7.91. The van der Waals surface area contributed by atoms with Gasteiger partial charge in [0.15, 0.2) is 6.61 Å². The molecule has 29 heavy (non-hydrogen) atoms. The second-order valence-corrected chi connectivity index (χ2v) is 9.71. The third kappa shape index (κ3) is 3.17. The van der Waals surface area contributed by atoms with Crippen molar-refractivity contribution in [2.75, 3.05) is 6.61 Å². The molecular formula is C24H35N3O2. The van der Waals surface area contributed by atoms with Gasteiger partial charge in [-0.25, -0.2) is 0 Å². The van der Waals surface area contributed by atoms with Crippen molar-refractivity contribution in [3.8, 4) is 11.8 Å². The molecular weight excluding hydrogens is 362 g/mol. The minimum Gasteiger partial charge on any atom is -0.478 e. The molecule has 4 N–H and O–H groups in total. The van der Waals surface area contributed by atoms with Crippen molar-refractivity contribution in [3.63, 3.8) is 0 Å². The Balaban J connectivity index is 1.52. The number of hydrogen-bond donors (Lipinski definition) is 3. The van der Waals surface area contributed by atoms with Gasteiger partial charge in [0.2, 0.25) is 0 Å². The van der Waals surface area contributed by atoms with Gasteiger partial charge in [-0.1, -0.05) is 51.7 Å². The molecule has 3 aliphatic rings. The topological polar surface area (TPSA) is 101 Å². The van der Waals surface area contributed by atoms with Gasteiger partial charge in [-0.3, -0.25) is 5.32 Å². The molecule has 1 spiro atoms. The number of fused-ring (bicyclic) bond motifs is 1. The second kappa shape index (κ2) is 7.58. The molecule has 158 valence electrons. The van der Waals surface area contributed by atoms with Crippen LogP contribution in [0.4, 0.5) is 0 Å². The van der Waals surface area contributed by atoms with E-state index < -0.39 is 11.6 Å². The molecule has 1 aromatic rings. The van der Waals surface area contributed by atoms with Crippen molar-refractivity contribution in [1.82, 2.24) is 5.32 Å². The summed E-state index contributed by atoms with van der Waals surface area (Å²) in [5.74, 6) is 1.44. The van der Waals surface area contributed by atoms with Crippen molar-refractivity contribution in [2.45, 2.75) is 94.4 Å². The maximum Gasteiger partial charge on any atom is 0.174 e. The summed E-state index contributed by atoms with van der Waals surface area (Å²) in [5, 5.41) is 23.7. The molecule has 1 saturated heterocycles. The Morgan fingerprint density at radius 3 is 2.93 bits per heavy atom. The van der Waals surface area contributed by atoms with Crippen molar-refractivity contribution in [2.24, 2.45) is 11.7 Å². The van der Waals surface area contributed by atoms with Crippen molar-refractivity contribution >= 4 is 0 Å². The fraction of sp³-hybridized carbons (Fsp3) is 0.708. The van der Waals surface area contributed by atoms with E-state index in [0.717, 1.165) is 30.6 Å². The number of piperidine rings is 1. The van der Waals surface area contributed by atoms with Crippen LogP contribution in [0.25, 0.3) is 0 Å². The van der Waals surface area contributed by atoms with Crippen LogP contribution >= 0.6 is 0 Å². The summed E-state index contributed by atoms with van der Waals surface area (Å²) in [7, 11) is 0. The lowest BCUT2D eigenvalue weighted by molar-refractivity contribution is 0.117. The highest BCUT2D eigenvalue weighted by molar-refractivity contribution is 5.54. The van der Waals surface area contributed by atoms with E-state index in [0.29, 0.717) is 18.8 Å². The van der Waals surface area contributed by atoms with Crippen LogP contribution in [-0.2, 0) is 12.8 Å². The van der Waals surface area contributed by atoms with Gasteiger partial charge in [-0.05, 0) is 55.2 Å². The number of nitriles is 1. The summed E-state index contributed by atoms with van der Waals surface area (Å²) < 4.78 is 5.67. The number of benzene rings is 1. The molecule has 2 fully saturated rings. The third-order valence-electron chi connectivity index (χ3n) is 7.91. The highest BCUT2D eigenvalue weighted by Crippen LogP contribution is 2.63. The summed E-state index contributed by atoms with van der Waals surface area (Å²) >= 11 is 0. The number of nitrogens with two attached hydrogens (primary N) is 1. The number of aliphatic hydroxyl groups is 1. The lowest BCUT2D eigenvalue weighted by atomic mass is 9.68. The van der Waals surface area contributed by atoms with E-state index >= 15 is 0 Å². The summed E-state index contributed by atoms with van der Waals surface area (Å²) in [6, 6.07) is 8.11. The lowest BCUT2D eigenvalue weighted by Crippen LogP contribution is -2.59. The molecule has 0 aromatic heterocycles. The van der Waals surface area contributed by atoms with E-state index in [1.54, 1.807) is 0 Å². The number of rotatable bonds is 9. The Labute approximate surface area is 174 Å². The molecule has 1 heterocycles. The second-order valence-electron chi connectivity index (χ2n) is 9.71. The van der Waals surface area contributed by atoms with Gasteiger partial charge in [-0.15, -0.1) is 0 Å². The van der Waals surface area contributed by atoms with Gasteiger partial charge >= 0.3 is 0 Å². The van der Waals surface area contributed by atoms with Gasteiger partial charge in [0.1, 0.15) is 11.8 Å². The Hall–Kier alpha value is -1.61. The minimum absolute atomic E-state index is 0.0416. The summed E-state index contributed by atoms with van der Waals surface area (Å²) in [5.41, 5.74) is 8.40. The molecule has 1 saturated carbocycles. The zero-order chi connectivity index (χ0) is 20.7. The number of ether oxygens (including phenoxy) is 1. The minimum atomic E-state index is -0.475. The number of unbranched alkanes of at least 4 members (excludes halogenated alkanes) is 2. The predicted molar refractivity (Wildman–Crippen MR) is 114 cm³/mol. The standard InChI is InChI=1S/C24H35N3O2/c1-3-4-5-7-17(2)10-11-23-21(28)16-22(26)15-19-18(14-24(22,23)27-23)8-6-9-20(19)29-13-12-25/h6,8-9,17,21,27-28H,3-5,7,10-11,13-16,26H2,1-2H3. The molecule has 5 heteroatoms.